The van der Waals surface area contributed by atoms with Gasteiger partial charge in [-0.3, -0.25) is 0 Å². The van der Waals surface area contributed by atoms with Crippen molar-refractivity contribution in [1.29, 1.82) is 0 Å². The lowest BCUT2D eigenvalue weighted by Crippen LogP contribution is -2.19. The van der Waals surface area contributed by atoms with E-state index in [1.54, 1.807) is 0 Å². The van der Waals surface area contributed by atoms with Crippen molar-refractivity contribution in [1.82, 2.24) is 5.32 Å². The molecule has 0 aliphatic carbocycles. The molecule has 0 amide bonds. The van der Waals surface area contributed by atoms with Crippen molar-refractivity contribution in [3.63, 3.8) is 0 Å². The molecule has 0 rings (SSSR count). The number of nitrogens with one attached hydrogen (secondary N) is 1. The molecule has 4 heteroatoms. The SMILES string of the molecule is C=CNC(C(Cl)=CCC(C=C)CC)=C(N)N. The summed E-state index contributed by atoms with van der Waals surface area (Å²) in [6, 6.07) is 0. The summed E-state index contributed by atoms with van der Waals surface area (Å²) in [5.74, 6) is 0.561. The Bertz CT molecular complexity index is 301. The molecular formula is C12H20ClN3. The molecule has 0 bridgehead atoms. The van der Waals surface area contributed by atoms with Gasteiger partial charge < -0.3 is 16.8 Å². The Kier molecular flexibility index (Phi) is 7.21. The van der Waals surface area contributed by atoms with Gasteiger partial charge in [-0.2, -0.15) is 0 Å². The summed E-state index contributed by atoms with van der Waals surface area (Å²) in [6.45, 7) is 9.40. The Morgan fingerprint density at radius 1 is 1.44 bits per heavy atom. The van der Waals surface area contributed by atoms with E-state index < -0.39 is 0 Å². The summed E-state index contributed by atoms with van der Waals surface area (Å²) < 4.78 is 0. The lowest BCUT2D eigenvalue weighted by atomic mass is 10.0. The van der Waals surface area contributed by atoms with Crippen LogP contribution in [0.1, 0.15) is 19.8 Å². The van der Waals surface area contributed by atoms with Gasteiger partial charge in [0.25, 0.3) is 0 Å². The molecule has 16 heavy (non-hydrogen) atoms. The first-order valence-corrected chi connectivity index (χ1v) is 5.55. The van der Waals surface area contributed by atoms with Gasteiger partial charge in [0.1, 0.15) is 5.82 Å². The molecule has 0 aromatic rings. The highest BCUT2D eigenvalue weighted by Gasteiger charge is 2.05. The summed E-state index contributed by atoms with van der Waals surface area (Å²) >= 11 is 6.08. The minimum absolute atomic E-state index is 0.146. The Balaban J connectivity index is 4.68. The predicted octanol–water partition coefficient (Wildman–Crippen LogP) is 2.53. The third kappa shape index (κ3) is 4.94. The van der Waals surface area contributed by atoms with Crippen molar-refractivity contribution >= 4 is 11.6 Å². The van der Waals surface area contributed by atoms with E-state index >= 15 is 0 Å². The van der Waals surface area contributed by atoms with Gasteiger partial charge in [-0.1, -0.05) is 37.3 Å². The van der Waals surface area contributed by atoms with Crippen LogP contribution >= 0.6 is 11.6 Å². The molecule has 1 atom stereocenters. The van der Waals surface area contributed by atoms with Crippen LogP contribution < -0.4 is 16.8 Å². The maximum Gasteiger partial charge on any atom is 0.119 e. The van der Waals surface area contributed by atoms with E-state index in [2.05, 4.69) is 25.4 Å². The Morgan fingerprint density at radius 2 is 2.06 bits per heavy atom. The highest BCUT2D eigenvalue weighted by atomic mass is 35.5. The van der Waals surface area contributed by atoms with Crippen LogP contribution in [0.2, 0.25) is 0 Å². The molecule has 0 heterocycles. The summed E-state index contributed by atoms with van der Waals surface area (Å²) in [5, 5.41) is 3.31. The summed E-state index contributed by atoms with van der Waals surface area (Å²) in [4.78, 5) is 0. The predicted molar refractivity (Wildman–Crippen MR) is 71.3 cm³/mol. The highest BCUT2D eigenvalue weighted by Crippen LogP contribution is 2.18. The molecule has 0 fully saturated rings. The molecule has 0 aliphatic rings. The first-order valence-electron chi connectivity index (χ1n) is 5.18. The zero-order valence-corrected chi connectivity index (χ0v) is 10.4. The van der Waals surface area contributed by atoms with E-state index in [0.717, 1.165) is 12.8 Å². The quantitative estimate of drug-likeness (QED) is 0.474. The van der Waals surface area contributed by atoms with Crippen LogP contribution in [0, 0.1) is 5.92 Å². The lowest BCUT2D eigenvalue weighted by molar-refractivity contribution is 0.639. The van der Waals surface area contributed by atoms with Gasteiger partial charge in [0.05, 0.1) is 10.7 Å². The smallest absolute Gasteiger partial charge is 0.119 e. The van der Waals surface area contributed by atoms with Crippen molar-refractivity contribution < 1.29 is 0 Å². The van der Waals surface area contributed by atoms with Crippen LogP contribution in [0.3, 0.4) is 0 Å². The molecule has 0 saturated carbocycles. The lowest BCUT2D eigenvalue weighted by Gasteiger charge is -2.10. The second-order valence-electron chi connectivity index (χ2n) is 3.37. The number of allylic oxidation sites excluding steroid dienone is 3. The second-order valence-corrected chi connectivity index (χ2v) is 3.78. The van der Waals surface area contributed by atoms with Crippen LogP contribution in [-0.2, 0) is 0 Å². The molecule has 0 aromatic heterocycles. The number of hydrogen-bond acceptors (Lipinski definition) is 3. The van der Waals surface area contributed by atoms with Crippen molar-refractivity contribution in [2.75, 3.05) is 0 Å². The fourth-order valence-corrected chi connectivity index (χ4v) is 1.43. The van der Waals surface area contributed by atoms with Crippen molar-refractivity contribution in [2.24, 2.45) is 17.4 Å². The minimum atomic E-state index is 0.146. The standard InChI is InChI=1S/C12H20ClN3/c1-4-9(5-2)7-8-10(13)11(12(14)15)16-6-3/h4,6,8-9,16H,1,3,5,7,14-15H2,2H3. The number of rotatable bonds is 7. The van der Waals surface area contributed by atoms with E-state index in [-0.39, 0.29) is 5.82 Å². The fraction of sp³-hybridized carbons (Fsp3) is 0.333. The van der Waals surface area contributed by atoms with Gasteiger partial charge in [0.2, 0.25) is 0 Å². The van der Waals surface area contributed by atoms with Gasteiger partial charge in [0.15, 0.2) is 0 Å². The van der Waals surface area contributed by atoms with Crippen LogP contribution in [0.15, 0.2) is 48.1 Å². The molecular weight excluding hydrogens is 222 g/mol. The van der Waals surface area contributed by atoms with E-state index in [1.165, 1.54) is 6.20 Å². The monoisotopic (exact) mass is 241 g/mol. The molecule has 90 valence electrons. The van der Waals surface area contributed by atoms with Gasteiger partial charge in [0, 0.05) is 0 Å². The molecule has 1 unspecified atom stereocenters. The van der Waals surface area contributed by atoms with Crippen molar-refractivity contribution in [3.05, 3.63) is 48.1 Å². The zero-order valence-electron chi connectivity index (χ0n) is 9.67. The normalized spacial score (nSPS) is 12.8. The highest BCUT2D eigenvalue weighted by molar-refractivity contribution is 6.31. The van der Waals surface area contributed by atoms with Crippen LogP contribution in [0.25, 0.3) is 0 Å². The van der Waals surface area contributed by atoms with Crippen LogP contribution in [0.4, 0.5) is 0 Å². The molecule has 3 nitrogen and oxygen atoms in total. The average molecular weight is 242 g/mol. The molecule has 0 saturated heterocycles. The molecule has 0 spiro atoms. The van der Waals surface area contributed by atoms with E-state index in [9.17, 15) is 0 Å². The third-order valence-electron chi connectivity index (χ3n) is 2.23. The average Bonchev–Trinajstić information content (AvgIpc) is 2.26. The molecule has 0 aliphatic heterocycles. The minimum Gasteiger partial charge on any atom is -0.384 e. The van der Waals surface area contributed by atoms with Crippen LogP contribution in [0.5, 0.6) is 0 Å². The van der Waals surface area contributed by atoms with E-state index in [4.69, 9.17) is 23.1 Å². The molecule has 0 radical (unpaired) electrons. The number of hydrogen-bond donors (Lipinski definition) is 3. The van der Waals surface area contributed by atoms with Crippen LogP contribution in [-0.4, -0.2) is 0 Å². The third-order valence-corrected chi connectivity index (χ3v) is 2.57. The number of nitrogens with two attached hydrogens (primary N) is 2. The molecule has 5 N–H and O–H groups in total. The first kappa shape index (κ1) is 14.6. The second kappa shape index (κ2) is 7.88. The van der Waals surface area contributed by atoms with Gasteiger partial charge >= 0.3 is 0 Å². The number of halogens is 1. The molecule has 0 aromatic carbocycles. The Labute approximate surface area is 103 Å². The summed E-state index contributed by atoms with van der Waals surface area (Å²) in [7, 11) is 0. The van der Waals surface area contributed by atoms with Crippen molar-refractivity contribution in [3.8, 4) is 0 Å². The fourth-order valence-electron chi connectivity index (χ4n) is 1.18. The topological polar surface area (TPSA) is 64.1 Å². The Hall–Kier alpha value is -1.35. The first-order chi connectivity index (χ1) is 7.56. The zero-order chi connectivity index (χ0) is 12.6. The maximum atomic E-state index is 6.08. The van der Waals surface area contributed by atoms with Gasteiger partial charge in [-0.25, -0.2) is 0 Å². The Morgan fingerprint density at radius 3 is 2.44 bits per heavy atom. The van der Waals surface area contributed by atoms with E-state index in [1.807, 2.05) is 12.2 Å². The van der Waals surface area contributed by atoms with Gasteiger partial charge in [-0.15, -0.1) is 6.58 Å². The largest absolute Gasteiger partial charge is 0.384 e. The van der Waals surface area contributed by atoms with Gasteiger partial charge in [-0.05, 0) is 25.0 Å². The summed E-state index contributed by atoms with van der Waals surface area (Å²) in [6.07, 6.45) is 7.11. The van der Waals surface area contributed by atoms with Crippen molar-refractivity contribution in [2.45, 2.75) is 19.8 Å². The summed E-state index contributed by atoms with van der Waals surface area (Å²) in [5.41, 5.74) is 11.5. The maximum absolute atomic E-state index is 6.08. The van der Waals surface area contributed by atoms with E-state index in [0.29, 0.717) is 16.6 Å².